The minimum atomic E-state index is 0.628. The Labute approximate surface area is 116 Å². The van der Waals surface area contributed by atoms with Crippen LogP contribution in [0.5, 0.6) is 0 Å². The van der Waals surface area contributed by atoms with Crippen molar-refractivity contribution in [2.75, 3.05) is 29.1 Å². The summed E-state index contributed by atoms with van der Waals surface area (Å²) in [5.74, 6) is 5.46. The van der Waals surface area contributed by atoms with E-state index in [0.29, 0.717) is 5.92 Å². The number of hydrogen-bond acceptors (Lipinski definition) is 6. The van der Waals surface area contributed by atoms with Crippen LogP contribution in [0.15, 0.2) is 0 Å². The minimum absolute atomic E-state index is 0.628. The standard InChI is InChI=1S/C11H19N3S3/c1-8(2)5-10-13-11(17-14-10)12-6-9-7-15-3-4-16-9/h8-9H,3-7H2,1-2H3,(H,12,13,14). The number of nitrogens with one attached hydrogen (secondary N) is 1. The topological polar surface area (TPSA) is 37.8 Å². The third-order valence-corrected chi connectivity index (χ3v) is 5.98. The first-order chi connectivity index (χ1) is 8.24. The van der Waals surface area contributed by atoms with Crippen molar-refractivity contribution in [3.05, 3.63) is 5.82 Å². The summed E-state index contributed by atoms with van der Waals surface area (Å²) in [6.45, 7) is 5.42. The quantitative estimate of drug-likeness (QED) is 0.902. The van der Waals surface area contributed by atoms with Gasteiger partial charge in [-0.3, -0.25) is 0 Å². The van der Waals surface area contributed by atoms with Crippen LogP contribution >= 0.6 is 35.1 Å². The zero-order valence-corrected chi connectivity index (χ0v) is 12.8. The SMILES string of the molecule is CC(C)Cc1nsc(NCC2CSCCS2)n1. The molecule has 1 aliphatic heterocycles. The molecule has 1 atom stereocenters. The highest BCUT2D eigenvalue weighted by atomic mass is 32.2. The second kappa shape index (κ2) is 6.85. The molecular formula is C11H19N3S3. The summed E-state index contributed by atoms with van der Waals surface area (Å²) in [5.41, 5.74) is 0. The monoisotopic (exact) mass is 289 g/mol. The molecule has 1 aromatic heterocycles. The fourth-order valence-electron chi connectivity index (χ4n) is 1.63. The molecule has 1 unspecified atom stereocenters. The van der Waals surface area contributed by atoms with Gasteiger partial charge >= 0.3 is 0 Å². The van der Waals surface area contributed by atoms with Crippen LogP contribution in [0, 0.1) is 5.92 Å². The molecule has 2 heterocycles. The van der Waals surface area contributed by atoms with Crippen molar-refractivity contribution < 1.29 is 0 Å². The van der Waals surface area contributed by atoms with Gasteiger partial charge in [-0.05, 0) is 5.92 Å². The maximum Gasteiger partial charge on any atom is 0.202 e. The lowest BCUT2D eigenvalue weighted by Gasteiger charge is -2.20. The second-order valence-corrected chi connectivity index (χ2v) is 7.87. The van der Waals surface area contributed by atoms with Crippen LogP contribution in [-0.4, -0.2) is 38.4 Å². The van der Waals surface area contributed by atoms with Crippen molar-refractivity contribution in [3.8, 4) is 0 Å². The van der Waals surface area contributed by atoms with Gasteiger partial charge in [0.1, 0.15) is 5.82 Å². The van der Waals surface area contributed by atoms with Crippen LogP contribution < -0.4 is 5.32 Å². The van der Waals surface area contributed by atoms with E-state index in [9.17, 15) is 0 Å². The Morgan fingerprint density at radius 3 is 3.00 bits per heavy atom. The summed E-state index contributed by atoms with van der Waals surface area (Å²) in [6.07, 6.45) is 0.978. The van der Waals surface area contributed by atoms with Crippen molar-refractivity contribution in [2.45, 2.75) is 25.5 Å². The molecule has 1 saturated heterocycles. The first kappa shape index (κ1) is 13.5. The van der Waals surface area contributed by atoms with Gasteiger partial charge in [-0.1, -0.05) is 13.8 Å². The van der Waals surface area contributed by atoms with Gasteiger partial charge in [0.15, 0.2) is 0 Å². The third-order valence-electron chi connectivity index (χ3n) is 2.42. The van der Waals surface area contributed by atoms with Gasteiger partial charge in [0.25, 0.3) is 0 Å². The van der Waals surface area contributed by atoms with E-state index in [1.54, 1.807) is 0 Å². The van der Waals surface area contributed by atoms with Gasteiger partial charge in [-0.25, -0.2) is 4.98 Å². The molecule has 0 saturated carbocycles. The lowest BCUT2D eigenvalue weighted by atomic mass is 10.1. The first-order valence-corrected chi connectivity index (χ1v) is 8.97. The van der Waals surface area contributed by atoms with Gasteiger partial charge in [-0.15, -0.1) is 0 Å². The van der Waals surface area contributed by atoms with Crippen molar-refractivity contribution in [2.24, 2.45) is 5.92 Å². The zero-order chi connectivity index (χ0) is 12.1. The van der Waals surface area contributed by atoms with Crippen LogP contribution in [-0.2, 0) is 6.42 Å². The largest absolute Gasteiger partial charge is 0.359 e. The van der Waals surface area contributed by atoms with E-state index >= 15 is 0 Å². The Morgan fingerprint density at radius 2 is 2.29 bits per heavy atom. The fraction of sp³-hybridized carbons (Fsp3) is 0.818. The van der Waals surface area contributed by atoms with E-state index < -0.39 is 0 Å². The number of rotatable bonds is 5. The second-order valence-electron chi connectivity index (χ2n) is 4.56. The normalized spacial score (nSPS) is 20.8. The van der Waals surface area contributed by atoms with E-state index in [1.807, 2.05) is 0 Å². The van der Waals surface area contributed by atoms with Crippen LogP contribution in [0.2, 0.25) is 0 Å². The molecule has 0 bridgehead atoms. The van der Waals surface area contributed by atoms with Crippen molar-refractivity contribution in [3.63, 3.8) is 0 Å². The number of nitrogens with zero attached hydrogens (tertiary/aromatic N) is 2. The Kier molecular flexibility index (Phi) is 5.44. The number of anilines is 1. The van der Waals surface area contributed by atoms with Gasteiger partial charge in [0, 0.05) is 47.0 Å². The highest BCUT2D eigenvalue weighted by molar-refractivity contribution is 8.06. The molecule has 0 amide bonds. The van der Waals surface area contributed by atoms with E-state index in [4.69, 9.17) is 0 Å². The maximum atomic E-state index is 4.52. The van der Waals surface area contributed by atoms with Gasteiger partial charge in [-0.2, -0.15) is 27.9 Å². The summed E-state index contributed by atoms with van der Waals surface area (Å²) in [5, 5.41) is 5.13. The molecule has 3 nitrogen and oxygen atoms in total. The van der Waals surface area contributed by atoms with Crippen molar-refractivity contribution in [1.82, 2.24) is 9.36 Å². The Balaban J connectivity index is 1.76. The summed E-state index contributed by atoms with van der Waals surface area (Å²) in [6, 6.07) is 0. The van der Waals surface area contributed by atoms with Crippen molar-refractivity contribution >= 4 is 40.2 Å². The maximum absolute atomic E-state index is 4.52. The molecule has 1 fully saturated rings. The Bertz CT molecular complexity index is 334. The smallest absolute Gasteiger partial charge is 0.202 e. The number of thioether (sulfide) groups is 2. The van der Waals surface area contributed by atoms with Gasteiger partial charge < -0.3 is 5.32 Å². The molecule has 0 spiro atoms. The predicted octanol–water partition coefficient (Wildman–Crippen LogP) is 3.00. The van der Waals surface area contributed by atoms with Crippen LogP contribution in [0.25, 0.3) is 0 Å². The van der Waals surface area contributed by atoms with Crippen LogP contribution in [0.4, 0.5) is 5.13 Å². The highest BCUT2D eigenvalue weighted by Crippen LogP contribution is 2.24. The van der Waals surface area contributed by atoms with E-state index in [1.165, 1.54) is 28.8 Å². The molecule has 0 aliphatic carbocycles. The molecule has 96 valence electrons. The fourth-order valence-corrected chi connectivity index (χ4v) is 4.84. The average Bonchev–Trinajstić information content (AvgIpc) is 2.75. The number of hydrogen-bond donors (Lipinski definition) is 1. The summed E-state index contributed by atoms with van der Waals surface area (Å²) in [7, 11) is 0. The lowest BCUT2D eigenvalue weighted by Crippen LogP contribution is -2.23. The average molecular weight is 289 g/mol. The predicted molar refractivity (Wildman–Crippen MR) is 80.5 cm³/mol. The van der Waals surface area contributed by atoms with Crippen LogP contribution in [0.3, 0.4) is 0 Å². The summed E-state index contributed by atoms with van der Waals surface area (Å²) < 4.78 is 4.38. The first-order valence-electron chi connectivity index (χ1n) is 6.00. The molecule has 17 heavy (non-hydrogen) atoms. The van der Waals surface area contributed by atoms with Gasteiger partial charge in [0.05, 0.1) is 0 Å². The van der Waals surface area contributed by atoms with E-state index in [-0.39, 0.29) is 0 Å². The number of aromatic nitrogens is 2. The Hall–Kier alpha value is 0.0600. The molecular weight excluding hydrogens is 270 g/mol. The minimum Gasteiger partial charge on any atom is -0.359 e. The molecule has 2 rings (SSSR count). The van der Waals surface area contributed by atoms with Gasteiger partial charge in [0.2, 0.25) is 5.13 Å². The lowest BCUT2D eigenvalue weighted by molar-refractivity contribution is 0.627. The molecule has 1 aliphatic rings. The summed E-state index contributed by atoms with van der Waals surface area (Å²) in [4.78, 5) is 4.52. The molecule has 0 radical (unpaired) electrons. The molecule has 1 N–H and O–H groups in total. The van der Waals surface area contributed by atoms with Crippen LogP contribution in [0.1, 0.15) is 19.7 Å². The van der Waals surface area contributed by atoms with E-state index in [2.05, 4.69) is 52.0 Å². The molecule has 6 heteroatoms. The molecule has 0 aromatic carbocycles. The summed E-state index contributed by atoms with van der Waals surface area (Å²) >= 11 is 5.62. The Morgan fingerprint density at radius 1 is 1.41 bits per heavy atom. The van der Waals surface area contributed by atoms with Crippen molar-refractivity contribution in [1.29, 1.82) is 0 Å². The highest BCUT2D eigenvalue weighted by Gasteiger charge is 2.14. The molecule has 1 aromatic rings. The third kappa shape index (κ3) is 4.67. The zero-order valence-electron chi connectivity index (χ0n) is 10.3. The van der Waals surface area contributed by atoms with E-state index in [0.717, 1.165) is 29.2 Å².